The van der Waals surface area contributed by atoms with Crippen LogP contribution in [0.4, 0.5) is 0 Å². The Labute approximate surface area is 138 Å². The van der Waals surface area contributed by atoms with Crippen LogP contribution in [0, 0.1) is 0 Å². The highest BCUT2D eigenvalue weighted by molar-refractivity contribution is 7.99. The summed E-state index contributed by atoms with van der Waals surface area (Å²) in [6, 6.07) is 17.6. The Balaban J connectivity index is 1.85. The van der Waals surface area contributed by atoms with Gasteiger partial charge in [0, 0.05) is 15.8 Å². The lowest BCUT2D eigenvalue weighted by Crippen LogP contribution is -2.12. The highest BCUT2D eigenvalue weighted by Gasteiger charge is 2.16. The number of hydrogen-bond acceptors (Lipinski definition) is 4. The third-order valence-electron chi connectivity index (χ3n) is 3.30. The van der Waals surface area contributed by atoms with Gasteiger partial charge in [0.1, 0.15) is 0 Å². The molecule has 0 unspecified atom stereocenters. The molecule has 0 saturated carbocycles. The van der Waals surface area contributed by atoms with Crippen molar-refractivity contribution >= 4 is 23.4 Å². The van der Waals surface area contributed by atoms with Crippen LogP contribution in [0.5, 0.6) is 0 Å². The number of benzene rings is 2. The van der Waals surface area contributed by atoms with E-state index in [1.807, 2.05) is 42.5 Å². The Hall–Kier alpha value is -1.98. The van der Waals surface area contributed by atoms with Crippen molar-refractivity contribution in [3.8, 4) is 11.4 Å². The number of halogens is 1. The minimum absolute atomic E-state index is 0.236. The Kier molecular flexibility index (Phi) is 4.36. The number of aromatic nitrogens is 3. The van der Waals surface area contributed by atoms with Gasteiger partial charge in [0.15, 0.2) is 5.82 Å². The number of nitrogen functional groups attached to an aromatic ring is 1. The van der Waals surface area contributed by atoms with Gasteiger partial charge in [-0.15, -0.1) is 10.2 Å². The van der Waals surface area contributed by atoms with Crippen molar-refractivity contribution in [2.24, 2.45) is 0 Å². The van der Waals surface area contributed by atoms with E-state index < -0.39 is 0 Å². The SMILES string of the molecule is C[C@@H](Sc1nnc(-c2cccc(Cl)c2)n1N)c1ccccc1. The molecule has 6 heteroatoms. The average Bonchev–Trinajstić information content (AvgIpc) is 2.89. The van der Waals surface area contributed by atoms with Crippen LogP contribution in [0.1, 0.15) is 17.7 Å². The van der Waals surface area contributed by atoms with Crippen molar-refractivity contribution in [2.75, 3.05) is 5.84 Å². The van der Waals surface area contributed by atoms with Crippen LogP contribution in [0.2, 0.25) is 5.02 Å². The molecule has 1 atom stereocenters. The Morgan fingerprint density at radius 1 is 1.09 bits per heavy atom. The van der Waals surface area contributed by atoms with Gasteiger partial charge in [0.25, 0.3) is 0 Å². The fourth-order valence-corrected chi connectivity index (χ4v) is 3.22. The van der Waals surface area contributed by atoms with E-state index in [2.05, 4.69) is 29.3 Å². The molecule has 1 heterocycles. The third kappa shape index (κ3) is 3.10. The Morgan fingerprint density at radius 3 is 2.59 bits per heavy atom. The minimum atomic E-state index is 0.236. The minimum Gasteiger partial charge on any atom is -0.335 e. The van der Waals surface area contributed by atoms with Crippen molar-refractivity contribution in [2.45, 2.75) is 17.3 Å². The molecule has 0 saturated heterocycles. The van der Waals surface area contributed by atoms with Crippen molar-refractivity contribution < 1.29 is 0 Å². The van der Waals surface area contributed by atoms with Crippen molar-refractivity contribution in [1.29, 1.82) is 0 Å². The van der Waals surface area contributed by atoms with Crippen molar-refractivity contribution in [3.05, 3.63) is 65.2 Å². The average molecular weight is 331 g/mol. The van der Waals surface area contributed by atoms with Crippen molar-refractivity contribution in [3.63, 3.8) is 0 Å². The third-order valence-corrected chi connectivity index (χ3v) is 4.65. The number of thioether (sulfide) groups is 1. The molecule has 0 bridgehead atoms. The van der Waals surface area contributed by atoms with Crippen LogP contribution in [0.25, 0.3) is 11.4 Å². The second-order valence-electron chi connectivity index (χ2n) is 4.86. The fourth-order valence-electron chi connectivity index (χ4n) is 2.13. The van der Waals surface area contributed by atoms with E-state index in [1.54, 1.807) is 11.8 Å². The molecule has 0 aliphatic heterocycles. The summed E-state index contributed by atoms with van der Waals surface area (Å²) in [4.78, 5) is 0. The van der Waals surface area contributed by atoms with Crippen LogP contribution < -0.4 is 5.84 Å². The molecule has 112 valence electrons. The highest BCUT2D eigenvalue weighted by Crippen LogP contribution is 2.34. The maximum Gasteiger partial charge on any atom is 0.210 e. The van der Waals surface area contributed by atoms with Gasteiger partial charge >= 0.3 is 0 Å². The summed E-state index contributed by atoms with van der Waals surface area (Å²) < 4.78 is 1.51. The van der Waals surface area contributed by atoms with E-state index in [4.69, 9.17) is 17.4 Å². The van der Waals surface area contributed by atoms with Crippen LogP contribution >= 0.6 is 23.4 Å². The monoisotopic (exact) mass is 330 g/mol. The molecule has 4 nitrogen and oxygen atoms in total. The number of hydrogen-bond donors (Lipinski definition) is 1. The summed E-state index contributed by atoms with van der Waals surface area (Å²) in [5.41, 5.74) is 2.07. The smallest absolute Gasteiger partial charge is 0.210 e. The fraction of sp³-hybridized carbons (Fsp3) is 0.125. The Morgan fingerprint density at radius 2 is 1.86 bits per heavy atom. The molecule has 0 radical (unpaired) electrons. The predicted molar refractivity (Wildman–Crippen MR) is 91.3 cm³/mol. The van der Waals surface area contributed by atoms with E-state index in [1.165, 1.54) is 10.2 Å². The van der Waals surface area contributed by atoms with Gasteiger partial charge in [-0.1, -0.05) is 65.8 Å². The summed E-state index contributed by atoms with van der Waals surface area (Å²) in [5.74, 6) is 6.74. The van der Waals surface area contributed by atoms with E-state index in [9.17, 15) is 0 Å². The maximum atomic E-state index is 6.14. The molecule has 0 aliphatic rings. The van der Waals surface area contributed by atoms with Crippen LogP contribution in [-0.4, -0.2) is 14.9 Å². The summed E-state index contributed by atoms with van der Waals surface area (Å²) in [5, 5.41) is 9.93. The second-order valence-corrected chi connectivity index (χ2v) is 6.60. The summed E-state index contributed by atoms with van der Waals surface area (Å²) in [6.45, 7) is 2.12. The lowest BCUT2D eigenvalue weighted by molar-refractivity contribution is 0.844. The second kappa shape index (κ2) is 6.42. The van der Waals surface area contributed by atoms with E-state index >= 15 is 0 Å². The molecule has 2 aromatic carbocycles. The van der Waals surface area contributed by atoms with Crippen LogP contribution in [0.15, 0.2) is 59.8 Å². The first-order valence-electron chi connectivity index (χ1n) is 6.83. The molecule has 1 aromatic heterocycles. The molecule has 2 N–H and O–H groups in total. The zero-order valence-electron chi connectivity index (χ0n) is 12.0. The predicted octanol–water partition coefficient (Wildman–Crippen LogP) is 4.17. The first-order chi connectivity index (χ1) is 10.6. The quantitative estimate of drug-likeness (QED) is 0.576. The van der Waals surface area contributed by atoms with Gasteiger partial charge in [0.2, 0.25) is 5.16 Å². The topological polar surface area (TPSA) is 56.7 Å². The van der Waals surface area contributed by atoms with Crippen LogP contribution in [-0.2, 0) is 0 Å². The lowest BCUT2D eigenvalue weighted by Gasteiger charge is -2.10. The summed E-state index contributed by atoms with van der Waals surface area (Å²) >= 11 is 7.59. The number of nitrogens with zero attached hydrogens (tertiary/aromatic N) is 3. The number of rotatable bonds is 4. The van der Waals surface area contributed by atoms with Crippen LogP contribution in [0.3, 0.4) is 0 Å². The molecule has 0 amide bonds. The largest absolute Gasteiger partial charge is 0.335 e. The van der Waals surface area contributed by atoms with Gasteiger partial charge in [-0.05, 0) is 24.6 Å². The molecule has 0 aliphatic carbocycles. The number of nitrogens with two attached hydrogens (primary N) is 1. The van der Waals surface area contributed by atoms with Gasteiger partial charge in [0.05, 0.1) is 0 Å². The van der Waals surface area contributed by atoms with Crippen molar-refractivity contribution in [1.82, 2.24) is 14.9 Å². The lowest BCUT2D eigenvalue weighted by atomic mass is 10.2. The zero-order chi connectivity index (χ0) is 15.5. The molecular weight excluding hydrogens is 316 g/mol. The summed E-state index contributed by atoms with van der Waals surface area (Å²) in [7, 11) is 0. The standard InChI is InChI=1S/C16H15ClN4S/c1-11(12-6-3-2-4-7-12)22-16-20-19-15(21(16)18)13-8-5-9-14(17)10-13/h2-11H,18H2,1H3/t11-/m1/s1. The normalized spacial score (nSPS) is 12.3. The first-order valence-corrected chi connectivity index (χ1v) is 8.09. The maximum absolute atomic E-state index is 6.14. The molecule has 22 heavy (non-hydrogen) atoms. The van der Waals surface area contributed by atoms with Gasteiger partial charge in [-0.3, -0.25) is 0 Å². The Bertz CT molecular complexity index is 773. The zero-order valence-corrected chi connectivity index (χ0v) is 13.6. The molecule has 0 spiro atoms. The molecule has 3 rings (SSSR count). The van der Waals surface area contributed by atoms with Gasteiger partial charge in [-0.2, -0.15) is 0 Å². The first kappa shape index (κ1) is 14.9. The van der Waals surface area contributed by atoms with E-state index in [0.29, 0.717) is 16.0 Å². The van der Waals surface area contributed by atoms with E-state index in [-0.39, 0.29) is 5.25 Å². The van der Waals surface area contributed by atoms with Gasteiger partial charge in [-0.25, -0.2) is 4.68 Å². The molecule has 3 aromatic rings. The highest BCUT2D eigenvalue weighted by atomic mass is 35.5. The van der Waals surface area contributed by atoms with E-state index in [0.717, 1.165) is 5.56 Å². The van der Waals surface area contributed by atoms with Gasteiger partial charge < -0.3 is 5.84 Å². The molecular formula is C16H15ClN4S. The molecule has 0 fully saturated rings. The summed E-state index contributed by atoms with van der Waals surface area (Å²) in [6.07, 6.45) is 0.